The number of hydrogen-bond donors (Lipinski definition) is 0. The number of rotatable bonds is 4. The number of hydrogen-bond acceptors (Lipinski definition) is 5. The van der Waals surface area contributed by atoms with Crippen molar-refractivity contribution in [3.63, 3.8) is 0 Å². The maximum absolute atomic E-state index is 12.4. The number of nitrogens with zero attached hydrogens (tertiary/aromatic N) is 3. The number of benzene rings is 1. The molecule has 0 N–H and O–H groups in total. The van der Waals surface area contributed by atoms with Gasteiger partial charge < -0.3 is 4.74 Å². The van der Waals surface area contributed by atoms with Gasteiger partial charge in [-0.3, -0.25) is 0 Å². The van der Waals surface area contributed by atoms with Crippen LogP contribution in [0.1, 0.15) is 5.69 Å². The molecule has 0 aliphatic rings. The van der Waals surface area contributed by atoms with Crippen LogP contribution >= 0.6 is 0 Å². The molecule has 0 amide bonds. The number of sulfonamides is 1. The van der Waals surface area contributed by atoms with Crippen molar-refractivity contribution in [2.75, 3.05) is 18.5 Å². The standard InChI is InChI=1S/C13H15N3O3S/c1-10-9-12(19-3)15-13(14-10)16(2)20(17,18)11-7-5-4-6-8-11/h4-9H,1-3H3. The fourth-order valence-corrected chi connectivity index (χ4v) is 2.74. The van der Waals surface area contributed by atoms with Gasteiger partial charge in [-0.25, -0.2) is 17.7 Å². The third-order valence-corrected chi connectivity index (χ3v) is 4.46. The fraction of sp³-hybridized carbons (Fsp3) is 0.231. The molecule has 0 spiro atoms. The average molecular weight is 293 g/mol. The minimum atomic E-state index is -3.68. The van der Waals surface area contributed by atoms with E-state index in [0.717, 1.165) is 4.31 Å². The molecule has 1 aromatic carbocycles. The van der Waals surface area contributed by atoms with Crippen LogP contribution < -0.4 is 9.04 Å². The van der Waals surface area contributed by atoms with E-state index in [1.807, 2.05) is 0 Å². The van der Waals surface area contributed by atoms with Gasteiger partial charge in [-0.15, -0.1) is 0 Å². The number of aromatic nitrogens is 2. The number of aryl methyl sites for hydroxylation is 1. The Morgan fingerprint density at radius 3 is 2.40 bits per heavy atom. The highest BCUT2D eigenvalue weighted by Crippen LogP contribution is 2.20. The first kappa shape index (κ1) is 14.3. The molecule has 0 bridgehead atoms. The SMILES string of the molecule is COc1cc(C)nc(N(C)S(=O)(=O)c2ccccc2)n1. The molecule has 2 rings (SSSR count). The highest BCUT2D eigenvalue weighted by molar-refractivity contribution is 7.92. The highest BCUT2D eigenvalue weighted by Gasteiger charge is 2.23. The molecular weight excluding hydrogens is 278 g/mol. The highest BCUT2D eigenvalue weighted by atomic mass is 32.2. The topological polar surface area (TPSA) is 72.4 Å². The second kappa shape index (κ2) is 5.46. The van der Waals surface area contributed by atoms with Crippen LogP contribution in [0.15, 0.2) is 41.3 Å². The van der Waals surface area contributed by atoms with Crippen molar-refractivity contribution in [1.82, 2.24) is 9.97 Å². The van der Waals surface area contributed by atoms with E-state index in [0.29, 0.717) is 11.6 Å². The predicted octanol–water partition coefficient (Wildman–Crippen LogP) is 1.62. The van der Waals surface area contributed by atoms with Crippen LogP contribution in [-0.2, 0) is 10.0 Å². The van der Waals surface area contributed by atoms with E-state index in [4.69, 9.17) is 4.74 Å². The molecule has 1 heterocycles. The first-order valence-electron chi connectivity index (χ1n) is 5.89. The molecule has 0 saturated heterocycles. The predicted molar refractivity (Wildman–Crippen MR) is 75.4 cm³/mol. The molecule has 6 nitrogen and oxygen atoms in total. The molecule has 2 aromatic rings. The molecule has 0 aliphatic carbocycles. The normalized spacial score (nSPS) is 11.2. The quantitative estimate of drug-likeness (QED) is 0.856. The second-order valence-corrected chi connectivity index (χ2v) is 6.11. The van der Waals surface area contributed by atoms with Gasteiger partial charge in [0, 0.05) is 18.8 Å². The molecule has 0 aliphatic heterocycles. The first-order valence-corrected chi connectivity index (χ1v) is 7.33. The van der Waals surface area contributed by atoms with Crippen LogP contribution in [0.25, 0.3) is 0 Å². The number of anilines is 1. The van der Waals surface area contributed by atoms with Gasteiger partial charge in [-0.05, 0) is 19.1 Å². The van der Waals surface area contributed by atoms with Crippen LogP contribution in [0.4, 0.5) is 5.95 Å². The van der Waals surface area contributed by atoms with Gasteiger partial charge >= 0.3 is 0 Å². The van der Waals surface area contributed by atoms with Gasteiger partial charge in [0.2, 0.25) is 11.8 Å². The van der Waals surface area contributed by atoms with Crippen LogP contribution in [-0.4, -0.2) is 32.5 Å². The molecule has 0 radical (unpaired) electrons. The Kier molecular flexibility index (Phi) is 3.89. The Hall–Kier alpha value is -2.15. The van der Waals surface area contributed by atoms with Gasteiger partial charge in [0.1, 0.15) is 0 Å². The molecule has 0 fully saturated rings. The monoisotopic (exact) mass is 293 g/mol. The zero-order chi connectivity index (χ0) is 14.8. The third-order valence-electron chi connectivity index (χ3n) is 2.71. The summed E-state index contributed by atoms with van der Waals surface area (Å²) in [6.45, 7) is 1.75. The maximum atomic E-state index is 12.4. The maximum Gasteiger partial charge on any atom is 0.266 e. The van der Waals surface area contributed by atoms with Crippen LogP contribution in [0.5, 0.6) is 5.88 Å². The average Bonchev–Trinajstić information content (AvgIpc) is 2.46. The van der Waals surface area contributed by atoms with Gasteiger partial charge in [0.15, 0.2) is 0 Å². The minimum absolute atomic E-state index is 0.0747. The van der Waals surface area contributed by atoms with Crippen LogP contribution in [0.3, 0.4) is 0 Å². The molecule has 20 heavy (non-hydrogen) atoms. The van der Waals surface area contributed by atoms with Crippen molar-refractivity contribution in [2.45, 2.75) is 11.8 Å². The summed E-state index contributed by atoms with van der Waals surface area (Å²) in [5, 5.41) is 0. The first-order chi connectivity index (χ1) is 9.45. The molecule has 1 aromatic heterocycles. The van der Waals surface area contributed by atoms with Crippen molar-refractivity contribution in [3.05, 3.63) is 42.1 Å². The Morgan fingerprint density at radius 2 is 1.80 bits per heavy atom. The van der Waals surface area contributed by atoms with Crippen molar-refractivity contribution >= 4 is 16.0 Å². The van der Waals surface area contributed by atoms with E-state index in [1.54, 1.807) is 31.2 Å². The van der Waals surface area contributed by atoms with Crippen molar-refractivity contribution < 1.29 is 13.2 Å². The molecule has 0 unspecified atom stereocenters. The molecule has 0 saturated carbocycles. The Morgan fingerprint density at radius 1 is 1.15 bits per heavy atom. The van der Waals surface area contributed by atoms with Crippen molar-refractivity contribution in [1.29, 1.82) is 0 Å². The van der Waals surface area contributed by atoms with E-state index in [-0.39, 0.29) is 10.8 Å². The number of methoxy groups -OCH3 is 1. The smallest absolute Gasteiger partial charge is 0.266 e. The van der Waals surface area contributed by atoms with Gasteiger partial charge in [0.25, 0.3) is 10.0 Å². The summed E-state index contributed by atoms with van der Waals surface area (Å²) in [7, 11) is -0.798. The lowest BCUT2D eigenvalue weighted by atomic mass is 10.4. The van der Waals surface area contributed by atoms with E-state index in [9.17, 15) is 8.42 Å². The fourth-order valence-electron chi connectivity index (χ4n) is 1.63. The van der Waals surface area contributed by atoms with Gasteiger partial charge in [0.05, 0.1) is 12.0 Å². The Balaban J connectivity index is 2.46. The van der Waals surface area contributed by atoms with E-state index in [2.05, 4.69) is 9.97 Å². The van der Waals surface area contributed by atoms with Crippen molar-refractivity contribution in [2.24, 2.45) is 0 Å². The summed E-state index contributed by atoms with van der Waals surface area (Å²) in [4.78, 5) is 8.37. The van der Waals surface area contributed by atoms with Gasteiger partial charge in [-0.2, -0.15) is 4.98 Å². The summed E-state index contributed by atoms with van der Waals surface area (Å²) in [6.07, 6.45) is 0. The summed E-state index contributed by atoms with van der Waals surface area (Å²) in [6, 6.07) is 9.77. The summed E-state index contributed by atoms with van der Waals surface area (Å²) in [5.41, 5.74) is 0.627. The lowest BCUT2D eigenvalue weighted by Crippen LogP contribution is -2.28. The summed E-state index contributed by atoms with van der Waals surface area (Å²) in [5.74, 6) is 0.397. The zero-order valence-electron chi connectivity index (χ0n) is 11.4. The largest absolute Gasteiger partial charge is 0.481 e. The van der Waals surface area contributed by atoms with E-state index >= 15 is 0 Å². The Labute approximate surface area is 118 Å². The molecular formula is C13H15N3O3S. The van der Waals surface area contributed by atoms with Gasteiger partial charge in [-0.1, -0.05) is 18.2 Å². The molecule has 0 atom stereocenters. The Bertz CT molecular complexity index is 702. The summed E-state index contributed by atoms with van der Waals surface area (Å²) >= 11 is 0. The molecule has 7 heteroatoms. The van der Waals surface area contributed by atoms with E-state index < -0.39 is 10.0 Å². The lowest BCUT2D eigenvalue weighted by Gasteiger charge is -2.18. The van der Waals surface area contributed by atoms with E-state index in [1.165, 1.54) is 26.3 Å². The molecule has 106 valence electrons. The van der Waals surface area contributed by atoms with Crippen molar-refractivity contribution in [3.8, 4) is 5.88 Å². The number of ether oxygens (including phenoxy) is 1. The minimum Gasteiger partial charge on any atom is -0.481 e. The zero-order valence-corrected chi connectivity index (χ0v) is 12.3. The summed E-state index contributed by atoms with van der Waals surface area (Å²) < 4.78 is 31.0. The lowest BCUT2D eigenvalue weighted by molar-refractivity contribution is 0.396. The van der Waals surface area contributed by atoms with Crippen LogP contribution in [0, 0.1) is 6.92 Å². The third kappa shape index (κ3) is 2.72. The second-order valence-electron chi connectivity index (χ2n) is 4.14. The van der Waals surface area contributed by atoms with Crippen LogP contribution in [0.2, 0.25) is 0 Å².